The second-order valence-corrected chi connectivity index (χ2v) is 32.5. The molecule has 0 saturated heterocycles. The van der Waals surface area contributed by atoms with Crippen LogP contribution in [0, 0.1) is 0 Å². The van der Waals surface area contributed by atoms with Gasteiger partial charge in [0.05, 0.1) is 26.4 Å². The first-order valence-electron chi connectivity index (χ1n) is 45.1. The molecule has 16 nitrogen and oxygen atoms in total. The number of carbonyl (C=O) groups excluding carboxylic acids is 3. The van der Waals surface area contributed by atoms with Crippen LogP contribution in [0.5, 0.6) is 0 Å². The number of aliphatic hydroxyl groups excluding tert-OH is 2. The molecule has 0 aromatic heterocycles. The summed E-state index contributed by atoms with van der Waals surface area (Å²) in [6.45, 7) is 2.42. The lowest BCUT2D eigenvalue weighted by atomic mass is 10.0. The Bertz CT molecular complexity index is 2820. The van der Waals surface area contributed by atoms with E-state index >= 15 is 0 Å². The van der Waals surface area contributed by atoms with Gasteiger partial charge in [-0.15, -0.1) is 0 Å². The molecule has 18 heteroatoms. The highest BCUT2D eigenvalue weighted by atomic mass is 31.2. The fraction of sp³-hybridized carbons (Fsp3) is 0.660. The minimum Gasteiger partial charge on any atom is -0.463 e. The number of carbonyl (C=O) groups is 3. The van der Waals surface area contributed by atoms with Gasteiger partial charge in [0.25, 0.3) is 0 Å². The molecule has 0 bridgehead atoms. The highest BCUT2D eigenvalue weighted by Gasteiger charge is 2.29. The number of esters is 3. The lowest BCUT2D eigenvalue weighted by Gasteiger charge is -2.21. The van der Waals surface area contributed by atoms with Crippen molar-refractivity contribution < 1.29 is 75.8 Å². The molecule has 656 valence electrons. The molecular weight excluding hydrogens is 1480 g/mol. The molecule has 5 atom stereocenters. The van der Waals surface area contributed by atoms with Crippen molar-refractivity contribution in [3.8, 4) is 0 Å². The molecule has 0 aromatic rings. The number of hydrogen-bond acceptors (Lipinski definition) is 14. The third-order valence-electron chi connectivity index (χ3n) is 18.6. The van der Waals surface area contributed by atoms with Crippen LogP contribution in [0.25, 0.3) is 0 Å². The molecule has 0 fully saturated rings. The van der Waals surface area contributed by atoms with E-state index in [1.807, 2.05) is 0 Å². The molecule has 4 N–H and O–H groups in total. The van der Waals surface area contributed by atoms with Crippen molar-refractivity contribution in [2.75, 3.05) is 39.6 Å². The van der Waals surface area contributed by atoms with Crippen LogP contribution in [0.1, 0.15) is 355 Å². The Morgan fingerprint density at radius 2 is 0.461 bits per heavy atom. The molecule has 0 aromatic carbocycles. The van der Waals surface area contributed by atoms with E-state index in [2.05, 4.69) is 203 Å². The van der Waals surface area contributed by atoms with Gasteiger partial charge >= 0.3 is 33.6 Å². The fourth-order valence-electron chi connectivity index (χ4n) is 11.8. The van der Waals surface area contributed by atoms with Crippen LogP contribution in [-0.4, -0.2) is 95.9 Å². The van der Waals surface area contributed by atoms with Crippen LogP contribution < -0.4 is 0 Å². The number of hydrogen-bond donors (Lipinski definition) is 4. The molecule has 0 saturated carbocycles. The van der Waals surface area contributed by atoms with Crippen molar-refractivity contribution in [1.29, 1.82) is 0 Å². The lowest BCUT2D eigenvalue weighted by molar-refractivity contribution is -0.161. The number of allylic oxidation sites excluding steroid dienone is 30. The number of rotatable bonds is 84. The van der Waals surface area contributed by atoms with Crippen LogP contribution in [0.2, 0.25) is 0 Å². The predicted octanol–water partition coefficient (Wildman–Crippen LogP) is 27.7. The van der Waals surface area contributed by atoms with Crippen molar-refractivity contribution in [1.82, 2.24) is 0 Å². The van der Waals surface area contributed by atoms with E-state index < -0.39 is 91.5 Å². The number of ether oxygens (including phenoxy) is 3. The first kappa shape index (κ1) is 110. The van der Waals surface area contributed by atoms with Crippen molar-refractivity contribution in [3.05, 3.63) is 182 Å². The summed E-state index contributed by atoms with van der Waals surface area (Å²) in [5.74, 6) is -1.61. The Morgan fingerprint density at radius 1 is 0.252 bits per heavy atom. The first-order chi connectivity index (χ1) is 56.2. The van der Waals surface area contributed by atoms with E-state index in [1.54, 1.807) is 0 Å². The van der Waals surface area contributed by atoms with Crippen LogP contribution in [-0.2, 0) is 55.8 Å². The molecule has 0 rings (SSSR count). The van der Waals surface area contributed by atoms with Gasteiger partial charge in [-0.1, -0.05) is 357 Å². The van der Waals surface area contributed by atoms with E-state index in [4.69, 9.17) is 32.3 Å². The maximum absolute atomic E-state index is 13.1. The quantitative estimate of drug-likeness (QED) is 0.0146. The maximum atomic E-state index is 13.1. The maximum Gasteiger partial charge on any atom is 0.472 e. The van der Waals surface area contributed by atoms with E-state index in [9.17, 15) is 43.5 Å². The second kappa shape index (κ2) is 87.9. The normalized spacial score (nSPS) is 14.7. The molecule has 115 heavy (non-hydrogen) atoms. The van der Waals surface area contributed by atoms with Gasteiger partial charge in [0.2, 0.25) is 0 Å². The molecule has 0 heterocycles. The Morgan fingerprint density at radius 3 is 0.730 bits per heavy atom. The minimum atomic E-state index is -4.95. The zero-order chi connectivity index (χ0) is 83.6. The molecule has 0 aliphatic heterocycles. The molecule has 5 unspecified atom stereocenters. The molecule has 0 radical (unpaired) electrons. The SMILES string of the molecule is CC/C=C\C/C=C\C/C=C\C/C=C\C/C=C\C/C=C\CCCCCCCCCCC(=O)OCC(COP(=O)(O)OCC(O)COP(=O)(O)OCC(O)COC(=O)CCCCCCCCCCCCCCCCC/C=C\C/C=C\C/C=C\C/C=C\CCCCC)OC(=O)CCCCCCC/C=C\C/C=C\C/C=C\C/C=C\C/C=C\CC. The van der Waals surface area contributed by atoms with Crippen molar-refractivity contribution in [3.63, 3.8) is 0 Å². The van der Waals surface area contributed by atoms with Crippen LogP contribution in [0.3, 0.4) is 0 Å². The summed E-state index contributed by atoms with van der Waals surface area (Å²) in [4.78, 5) is 59.0. The van der Waals surface area contributed by atoms with Crippen LogP contribution in [0.15, 0.2) is 182 Å². The molecular formula is C97H162O16P2. The summed E-state index contributed by atoms with van der Waals surface area (Å²) < 4.78 is 61.4. The van der Waals surface area contributed by atoms with E-state index in [-0.39, 0.29) is 19.3 Å². The van der Waals surface area contributed by atoms with E-state index in [0.717, 1.165) is 186 Å². The second-order valence-electron chi connectivity index (χ2n) is 29.6. The predicted molar refractivity (Wildman–Crippen MR) is 481 cm³/mol. The summed E-state index contributed by atoms with van der Waals surface area (Å²) in [6.07, 6.45) is 115. The van der Waals surface area contributed by atoms with Crippen LogP contribution in [0.4, 0.5) is 0 Å². The molecule has 0 spiro atoms. The van der Waals surface area contributed by atoms with E-state index in [1.165, 1.54) is 109 Å². The topological polar surface area (TPSA) is 231 Å². The Balaban J connectivity index is 4.63. The smallest absolute Gasteiger partial charge is 0.463 e. The Kier molecular flexibility index (Phi) is 83.9. The standard InChI is InChI=1S/C97H162O16P2/c1-4-7-10-13-16-19-22-25-28-31-34-37-39-41-43-44-45-46-48-50-51-54-56-59-62-65-68-71-74-77-80-83-95(100)107-86-92(98)87-109-114(103,104)110-88-93(99)89-111-115(105,106)112-91-94(113-97(102)85-82-79-76-73-70-67-64-61-58-53-36-33-30-27-24-21-18-15-12-9-6-3)90-108-96(101)84-81-78-75-72-69-66-63-60-57-55-52-49-47-42-40-38-35-32-29-26-23-20-17-14-11-8-5-2/h8-9,11-12,16-21,25-30,34-38,41-43,47,52-53,55,61,64,92-94,98-99H,4-7,10,13-15,22-24,31-33,39-40,44-46,48-51,54,56-60,62-63,65-91H2,1-3H3,(H,103,104)(H,105,106)/b11-8-,12-9-,19-16-,20-17-,21-18-,28-25-,29-26-,30-27-,37-34-,38-35-,43-41-,47-42-,53-36-,55-52-,64-61-. The summed E-state index contributed by atoms with van der Waals surface area (Å²) in [7, 11) is -9.82. The van der Waals surface area contributed by atoms with Gasteiger partial charge in [-0.3, -0.25) is 32.5 Å². The average Bonchev–Trinajstić information content (AvgIpc) is 0.900. The van der Waals surface area contributed by atoms with Crippen molar-refractivity contribution in [2.45, 2.75) is 373 Å². The van der Waals surface area contributed by atoms with Gasteiger partial charge in [-0.2, -0.15) is 0 Å². The number of aliphatic hydroxyl groups is 2. The molecule has 0 aliphatic carbocycles. The Labute approximate surface area is 700 Å². The summed E-state index contributed by atoms with van der Waals surface area (Å²) >= 11 is 0. The number of phosphoric ester groups is 2. The molecule has 0 amide bonds. The first-order valence-corrected chi connectivity index (χ1v) is 48.1. The van der Waals surface area contributed by atoms with Crippen molar-refractivity contribution in [2.24, 2.45) is 0 Å². The van der Waals surface area contributed by atoms with Crippen molar-refractivity contribution >= 4 is 33.6 Å². The zero-order valence-corrected chi connectivity index (χ0v) is 73.9. The lowest BCUT2D eigenvalue weighted by Crippen LogP contribution is -2.30. The van der Waals surface area contributed by atoms with Gasteiger partial charge in [-0.25, -0.2) is 9.13 Å². The summed E-state index contributed by atoms with van der Waals surface area (Å²) in [6, 6.07) is 0. The average molecular weight is 1650 g/mol. The summed E-state index contributed by atoms with van der Waals surface area (Å²) in [5.41, 5.74) is 0. The van der Waals surface area contributed by atoms with Gasteiger partial charge in [0.15, 0.2) is 6.10 Å². The number of phosphoric acid groups is 2. The van der Waals surface area contributed by atoms with Gasteiger partial charge in [0, 0.05) is 19.3 Å². The third kappa shape index (κ3) is 89.3. The van der Waals surface area contributed by atoms with Gasteiger partial charge in [0.1, 0.15) is 25.4 Å². The molecule has 0 aliphatic rings. The third-order valence-corrected chi connectivity index (χ3v) is 20.5. The summed E-state index contributed by atoms with van der Waals surface area (Å²) in [5, 5.41) is 20.7. The highest BCUT2D eigenvalue weighted by Crippen LogP contribution is 2.45. The van der Waals surface area contributed by atoms with Gasteiger partial charge in [-0.05, 0) is 161 Å². The fourth-order valence-corrected chi connectivity index (χ4v) is 13.4. The highest BCUT2D eigenvalue weighted by molar-refractivity contribution is 7.47. The largest absolute Gasteiger partial charge is 0.472 e. The van der Waals surface area contributed by atoms with Crippen LogP contribution >= 0.6 is 15.6 Å². The zero-order valence-electron chi connectivity index (χ0n) is 72.1. The number of unbranched alkanes of at least 4 members (excludes halogenated alkanes) is 31. The van der Waals surface area contributed by atoms with Gasteiger partial charge < -0.3 is 34.2 Å². The monoisotopic (exact) mass is 1650 g/mol. The van der Waals surface area contributed by atoms with E-state index in [0.29, 0.717) is 19.3 Å². The Hall–Kier alpha value is -5.35. The minimum absolute atomic E-state index is 0.0739.